The number of hydrogen-bond acceptors (Lipinski definition) is 4. The highest BCUT2D eigenvalue weighted by Crippen LogP contribution is 2.28. The van der Waals surface area contributed by atoms with Crippen molar-refractivity contribution in [3.63, 3.8) is 0 Å². The van der Waals surface area contributed by atoms with E-state index in [1.54, 1.807) is 6.20 Å². The van der Waals surface area contributed by atoms with E-state index in [4.69, 9.17) is 5.73 Å². The maximum absolute atomic E-state index is 11.4. The number of primary amides is 1. The van der Waals surface area contributed by atoms with Gasteiger partial charge in [0.05, 0.1) is 5.92 Å². The first kappa shape index (κ1) is 13.8. The highest BCUT2D eigenvalue weighted by Gasteiger charge is 2.31. The number of anilines is 1. The Bertz CT molecular complexity index is 467. The van der Waals surface area contributed by atoms with Crippen LogP contribution in [-0.4, -0.2) is 21.9 Å². The molecule has 5 nitrogen and oxygen atoms in total. The fourth-order valence-electron chi connectivity index (χ4n) is 2.46. The van der Waals surface area contributed by atoms with Gasteiger partial charge in [-0.05, 0) is 18.9 Å². The van der Waals surface area contributed by atoms with Crippen LogP contribution in [0.3, 0.4) is 0 Å². The molecule has 1 heterocycles. The average Bonchev–Trinajstić information content (AvgIpc) is 2.76. The van der Waals surface area contributed by atoms with Crippen molar-refractivity contribution in [2.45, 2.75) is 51.5 Å². The van der Waals surface area contributed by atoms with E-state index in [2.05, 4.69) is 36.1 Å². The lowest BCUT2D eigenvalue weighted by atomic mass is 9.96. The van der Waals surface area contributed by atoms with Crippen LogP contribution in [0.2, 0.25) is 0 Å². The number of carbonyl (C=O) groups is 1. The van der Waals surface area contributed by atoms with Crippen LogP contribution >= 0.6 is 0 Å². The van der Waals surface area contributed by atoms with Crippen molar-refractivity contribution in [2.75, 3.05) is 5.32 Å². The molecule has 104 valence electrons. The summed E-state index contributed by atoms with van der Waals surface area (Å²) >= 11 is 0. The highest BCUT2D eigenvalue weighted by molar-refractivity contribution is 5.78. The zero-order valence-corrected chi connectivity index (χ0v) is 11.8. The highest BCUT2D eigenvalue weighted by atomic mass is 16.1. The summed E-state index contributed by atoms with van der Waals surface area (Å²) in [4.78, 5) is 20.2. The van der Waals surface area contributed by atoms with E-state index in [0.717, 1.165) is 30.9 Å². The second-order valence-electron chi connectivity index (χ2n) is 6.21. The molecule has 3 N–H and O–H groups in total. The normalized spacial score (nSPS) is 23.3. The van der Waals surface area contributed by atoms with E-state index >= 15 is 0 Å². The molecule has 1 fully saturated rings. The van der Waals surface area contributed by atoms with Crippen molar-refractivity contribution in [2.24, 2.45) is 11.7 Å². The summed E-state index contributed by atoms with van der Waals surface area (Å²) in [6.07, 6.45) is 4.61. The summed E-state index contributed by atoms with van der Waals surface area (Å²) in [6.45, 7) is 6.23. The molecule has 0 radical (unpaired) electrons. The van der Waals surface area contributed by atoms with Crippen LogP contribution in [0.25, 0.3) is 0 Å². The molecule has 2 atom stereocenters. The molecule has 19 heavy (non-hydrogen) atoms. The van der Waals surface area contributed by atoms with Gasteiger partial charge >= 0.3 is 0 Å². The van der Waals surface area contributed by atoms with Crippen molar-refractivity contribution in [1.29, 1.82) is 0 Å². The van der Waals surface area contributed by atoms with Crippen molar-refractivity contribution in [1.82, 2.24) is 9.97 Å². The molecule has 0 saturated heterocycles. The molecule has 0 spiro atoms. The molecule has 1 aromatic rings. The molecule has 0 aliphatic heterocycles. The first-order chi connectivity index (χ1) is 8.88. The molecule has 2 rings (SSSR count). The number of nitrogens with zero attached hydrogens (tertiary/aromatic N) is 2. The summed E-state index contributed by atoms with van der Waals surface area (Å²) in [6, 6.07) is 1.94. The van der Waals surface area contributed by atoms with E-state index in [9.17, 15) is 4.79 Å². The number of hydrogen-bond donors (Lipinski definition) is 2. The Morgan fingerprint density at radius 2 is 2.16 bits per heavy atom. The van der Waals surface area contributed by atoms with E-state index in [1.165, 1.54) is 0 Å². The Kier molecular flexibility index (Phi) is 3.73. The first-order valence-corrected chi connectivity index (χ1v) is 6.77. The van der Waals surface area contributed by atoms with Gasteiger partial charge in [0.15, 0.2) is 0 Å². The van der Waals surface area contributed by atoms with Gasteiger partial charge in [-0.15, -0.1) is 0 Å². The maximum Gasteiger partial charge on any atom is 0.222 e. The monoisotopic (exact) mass is 262 g/mol. The quantitative estimate of drug-likeness (QED) is 0.871. The maximum atomic E-state index is 11.4. The Hall–Kier alpha value is -1.65. The Labute approximate surface area is 114 Å². The second kappa shape index (κ2) is 5.15. The third kappa shape index (κ3) is 3.22. The average molecular weight is 262 g/mol. The van der Waals surface area contributed by atoms with E-state index < -0.39 is 0 Å². The summed E-state index contributed by atoms with van der Waals surface area (Å²) in [5, 5.41) is 3.33. The zero-order chi connectivity index (χ0) is 14.0. The lowest BCUT2D eigenvalue weighted by Crippen LogP contribution is -2.34. The molecule has 5 heteroatoms. The van der Waals surface area contributed by atoms with Crippen LogP contribution in [0.4, 0.5) is 5.82 Å². The van der Waals surface area contributed by atoms with Crippen LogP contribution in [-0.2, 0) is 10.2 Å². The number of carbonyl (C=O) groups excluding carboxylic acids is 1. The van der Waals surface area contributed by atoms with Crippen LogP contribution < -0.4 is 11.1 Å². The second-order valence-corrected chi connectivity index (χ2v) is 6.21. The van der Waals surface area contributed by atoms with Crippen LogP contribution in [0, 0.1) is 5.92 Å². The fraction of sp³-hybridized carbons (Fsp3) is 0.643. The largest absolute Gasteiger partial charge is 0.369 e. The van der Waals surface area contributed by atoms with Gasteiger partial charge in [-0.2, -0.15) is 0 Å². The van der Waals surface area contributed by atoms with Gasteiger partial charge in [0.2, 0.25) is 5.91 Å². The lowest BCUT2D eigenvalue weighted by molar-refractivity contribution is -0.121. The fourth-order valence-corrected chi connectivity index (χ4v) is 2.46. The number of nitrogens with one attached hydrogen (secondary N) is 1. The standard InChI is InChI=1S/C14H22N4O/c1-14(2,3)13-16-8-7-11(18-13)17-10-6-4-5-9(10)12(15)19/h7-10H,4-6H2,1-3H3,(H2,15,19)(H,16,17,18)/t9-,10+/m1/s1. The topological polar surface area (TPSA) is 80.9 Å². The number of rotatable bonds is 3. The molecule has 0 aromatic carbocycles. The van der Waals surface area contributed by atoms with Gasteiger partial charge in [0, 0.05) is 17.7 Å². The first-order valence-electron chi connectivity index (χ1n) is 6.77. The summed E-state index contributed by atoms with van der Waals surface area (Å²) < 4.78 is 0. The number of amides is 1. The van der Waals surface area contributed by atoms with Crippen LogP contribution in [0.1, 0.15) is 45.9 Å². The number of nitrogens with two attached hydrogens (primary N) is 1. The molecule has 1 amide bonds. The van der Waals surface area contributed by atoms with E-state index in [1.807, 2.05) is 6.07 Å². The smallest absolute Gasteiger partial charge is 0.222 e. The third-order valence-corrected chi connectivity index (χ3v) is 3.54. The van der Waals surface area contributed by atoms with Gasteiger partial charge in [0.25, 0.3) is 0 Å². The molecule has 1 aliphatic carbocycles. The van der Waals surface area contributed by atoms with E-state index in [0.29, 0.717) is 0 Å². The Balaban J connectivity index is 2.13. The summed E-state index contributed by atoms with van der Waals surface area (Å²) in [5.41, 5.74) is 5.34. The minimum atomic E-state index is -0.222. The summed E-state index contributed by atoms with van der Waals surface area (Å²) in [7, 11) is 0. The molecule has 1 aliphatic rings. The Morgan fingerprint density at radius 1 is 1.42 bits per heavy atom. The molecular formula is C14H22N4O. The van der Waals surface area contributed by atoms with Crippen molar-refractivity contribution in [3.8, 4) is 0 Å². The minimum Gasteiger partial charge on any atom is -0.369 e. The van der Waals surface area contributed by atoms with Crippen molar-refractivity contribution < 1.29 is 4.79 Å². The third-order valence-electron chi connectivity index (χ3n) is 3.54. The summed E-state index contributed by atoms with van der Waals surface area (Å²) in [5.74, 6) is 1.26. The van der Waals surface area contributed by atoms with Gasteiger partial charge in [-0.25, -0.2) is 9.97 Å². The van der Waals surface area contributed by atoms with Gasteiger partial charge in [-0.1, -0.05) is 27.2 Å². The molecular weight excluding hydrogens is 240 g/mol. The van der Waals surface area contributed by atoms with Crippen LogP contribution in [0.15, 0.2) is 12.3 Å². The zero-order valence-electron chi connectivity index (χ0n) is 11.8. The molecule has 1 saturated carbocycles. The number of aromatic nitrogens is 2. The lowest BCUT2D eigenvalue weighted by Gasteiger charge is -2.21. The predicted molar refractivity (Wildman–Crippen MR) is 74.7 cm³/mol. The van der Waals surface area contributed by atoms with E-state index in [-0.39, 0.29) is 23.3 Å². The predicted octanol–water partition coefficient (Wildman–Crippen LogP) is 1.84. The minimum absolute atomic E-state index is 0.0869. The van der Waals surface area contributed by atoms with Crippen molar-refractivity contribution in [3.05, 3.63) is 18.1 Å². The molecule has 0 unspecified atom stereocenters. The SMILES string of the molecule is CC(C)(C)c1nccc(N[C@H]2CCC[C@H]2C(N)=O)n1. The van der Waals surface area contributed by atoms with Gasteiger partial charge in [-0.3, -0.25) is 4.79 Å². The van der Waals surface area contributed by atoms with Crippen LogP contribution in [0.5, 0.6) is 0 Å². The Morgan fingerprint density at radius 3 is 2.79 bits per heavy atom. The van der Waals surface area contributed by atoms with Gasteiger partial charge < -0.3 is 11.1 Å². The molecule has 1 aromatic heterocycles. The van der Waals surface area contributed by atoms with Crippen molar-refractivity contribution >= 4 is 11.7 Å². The molecule has 0 bridgehead atoms. The van der Waals surface area contributed by atoms with Gasteiger partial charge in [0.1, 0.15) is 11.6 Å².